The van der Waals surface area contributed by atoms with Gasteiger partial charge in [-0.1, -0.05) is 18.2 Å². The minimum absolute atomic E-state index is 0.0559. The first-order valence-corrected chi connectivity index (χ1v) is 9.20. The molecule has 27 heavy (non-hydrogen) atoms. The topological polar surface area (TPSA) is 91.3 Å². The molecule has 8 heteroatoms. The number of carbonyl (C=O) groups excluding carboxylic acids is 1. The first-order chi connectivity index (χ1) is 13.0. The van der Waals surface area contributed by atoms with Crippen LogP contribution in [0.4, 0.5) is 5.69 Å². The summed E-state index contributed by atoms with van der Waals surface area (Å²) in [5.74, 6) is -0.0530. The molecule has 7 nitrogen and oxygen atoms in total. The molecule has 3 aromatic rings. The molecule has 0 atom stereocenters. The molecule has 2 aromatic carbocycles. The number of methoxy groups -OCH3 is 1. The molecule has 0 aliphatic rings. The molecule has 3 rings (SSSR count). The van der Waals surface area contributed by atoms with Gasteiger partial charge in [-0.25, -0.2) is 0 Å². The molecule has 0 aliphatic heterocycles. The largest absolute Gasteiger partial charge is 0.538 e. The number of hydrogen-bond donors (Lipinski definition) is 1. The molecule has 0 radical (unpaired) electrons. The van der Waals surface area contributed by atoms with E-state index in [-0.39, 0.29) is 16.7 Å². The summed E-state index contributed by atoms with van der Waals surface area (Å²) in [5.41, 5.74) is 3.39. The second-order valence-electron chi connectivity index (χ2n) is 5.88. The van der Waals surface area contributed by atoms with Crippen LogP contribution in [0.5, 0.6) is 11.7 Å². The van der Waals surface area contributed by atoms with Gasteiger partial charge in [0.05, 0.1) is 18.1 Å². The van der Waals surface area contributed by atoms with Crippen molar-refractivity contribution in [3.05, 3.63) is 53.6 Å². The minimum Gasteiger partial charge on any atom is -0.538 e. The fourth-order valence-corrected chi connectivity index (χ4v) is 3.33. The van der Waals surface area contributed by atoms with E-state index in [1.807, 2.05) is 32.0 Å². The number of carbonyl (C=O) groups is 1. The number of benzene rings is 2. The lowest BCUT2D eigenvalue weighted by Crippen LogP contribution is -2.35. The maximum absolute atomic E-state index is 12.3. The second-order valence-corrected chi connectivity index (χ2v) is 6.84. The van der Waals surface area contributed by atoms with E-state index in [1.54, 1.807) is 31.4 Å². The van der Waals surface area contributed by atoms with Gasteiger partial charge in [0.1, 0.15) is 5.75 Å². The van der Waals surface area contributed by atoms with Gasteiger partial charge in [-0.3, -0.25) is 4.79 Å². The Bertz CT molecular complexity index is 934. The van der Waals surface area contributed by atoms with E-state index in [0.29, 0.717) is 11.4 Å². The lowest BCUT2D eigenvalue weighted by Gasteiger charge is -2.10. The molecule has 1 N–H and O–H groups in total. The zero-order chi connectivity index (χ0) is 19.4. The number of hydrogen-bond acceptors (Lipinski definition) is 6. The highest BCUT2D eigenvalue weighted by Gasteiger charge is 2.22. The van der Waals surface area contributed by atoms with E-state index in [2.05, 4.69) is 10.6 Å². The fraction of sp³-hybridized carbons (Fsp3) is 0.211. The molecule has 1 heterocycles. The third-order valence-corrected chi connectivity index (χ3v) is 4.99. The van der Waals surface area contributed by atoms with Crippen LogP contribution in [-0.4, -0.2) is 24.0 Å². The number of ether oxygens (including phenoxy) is 1. The molecule has 140 valence electrons. The van der Waals surface area contributed by atoms with Gasteiger partial charge >= 0.3 is 0 Å². The van der Waals surface area contributed by atoms with Crippen molar-refractivity contribution in [1.29, 1.82) is 0 Å². The molecule has 0 fully saturated rings. The molecule has 0 bridgehead atoms. The normalized spacial score (nSPS) is 10.6. The Labute approximate surface area is 160 Å². The summed E-state index contributed by atoms with van der Waals surface area (Å²) in [4.78, 5) is 12.3. The molecule has 0 saturated carbocycles. The Morgan fingerprint density at radius 2 is 1.89 bits per heavy atom. The van der Waals surface area contributed by atoms with E-state index < -0.39 is 5.95 Å². The van der Waals surface area contributed by atoms with Crippen molar-refractivity contribution in [2.24, 2.45) is 0 Å². The van der Waals surface area contributed by atoms with Gasteiger partial charge in [0.15, 0.2) is 5.95 Å². The van der Waals surface area contributed by atoms with Crippen LogP contribution in [0.3, 0.4) is 0 Å². The Hall–Kier alpha value is -3.00. The molecule has 0 saturated heterocycles. The van der Waals surface area contributed by atoms with Crippen molar-refractivity contribution < 1.29 is 23.8 Å². The van der Waals surface area contributed by atoms with Crippen molar-refractivity contribution in [1.82, 2.24) is 5.27 Å². The highest BCUT2D eigenvalue weighted by molar-refractivity contribution is 7.99. The monoisotopic (exact) mass is 385 g/mol. The Morgan fingerprint density at radius 3 is 2.52 bits per heavy atom. The molecular weight excluding hydrogens is 366 g/mol. The summed E-state index contributed by atoms with van der Waals surface area (Å²) in [6.07, 6.45) is 0. The van der Waals surface area contributed by atoms with Crippen LogP contribution in [0.25, 0.3) is 5.69 Å². The molecular formula is C19H19N3O4S. The summed E-state index contributed by atoms with van der Waals surface area (Å²) in [6, 6.07) is 12.8. The smallest absolute Gasteiger partial charge is 0.298 e. The quantitative estimate of drug-likeness (QED) is 0.517. The Morgan fingerprint density at radius 1 is 1.22 bits per heavy atom. The van der Waals surface area contributed by atoms with Gasteiger partial charge in [-0.2, -0.15) is 0 Å². The number of para-hydroxylation sites is 1. The standard InChI is InChI=1S/C19H19N3O4S/c1-12-5-4-6-13(2)17(12)20-16(23)11-27-18-19(24)26-21-22(18)14-7-9-15(25-3)10-8-14/h4-10H,11H2,1-3H3,(H-,20,21,23,24). The van der Waals surface area contributed by atoms with Crippen LogP contribution in [0.2, 0.25) is 0 Å². The summed E-state index contributed by atoms with van der Waals surface area (Å²) >= 11 is 1.08. The average molecular weight is 385 g/mol. The van der Waals surface area contributed by atoms with Crippen molar-refractivity contribution in [2.75, 3.05) is 18.2 Å². The van der Waals surface area contributed by atoms with E-state index in [0.717, 1.165) is 28.6 Å². The van der Waals surface area contributed by atoms with Crippen LogP contribution < -0.4 is 19.8 Å². The van der Waals surface area contributed by atoms with Crippen LogP contribution >= 0.6 is 11.8 Å². The number of amides is 1. The average Bonchev–Trinajstić information content (AvgIpc) is 3.04. The third-order valence-electron chi connectivity index (χ3n) is 3.97. The predicted molar refractivity (Wildman–Crippen MR) is 99.3 cm³/mol. The van der Waals surface area contributed by atoms with Gasteiger partial charge in [0, 0.05) is 17.8 Å². The number of aromatic nitrogens is 2. The number of rotatable bonds is 6. The Kier molecular flexibility index (Phi) is 5.66. The van der Waals surface area contributed by atoms with Crippen molar-refractivity contribution >= 4 is 23.4 Å². The summed E-state index contributed by atoms with van der Waals surface area (Å²) < 4.78 is 11.3. The number of nitrogens with one attached hydrogen (secondary N) is 1. The fourth-order valence-electron chi connectivity index (χ4n) is 2.57. The summed E-state index contributed by atoms with van der Waals surface area (Å²) in [6.45, 7) is 3.87. The van der Waals surface area contributed by atoms with E-state index in [9.17, 15) is 9.90 Å². The maximum Gasteiger partial charge on any atom is 0.298 e. The summed E-state index contributed by atoms with van der Waals surface area (Å²) in [7, 11) is 1.57. The number of anilines is 1. The number of nitrogens with zero attached hydrogens (tertiary/aromatic N) is 2. The molecule has 1 aromatic heterocycles. The molecule has 1 amide bonds. The van der Waals surface area contributed by atoms with Crippen LogP contribution in [-0.2, 0) is 4.79 Å². The van der Waals surface area contributed by atoms with Gasteiger partial charge in [0.25, 0.3) is 5.03 Å². The number of aryl methyl sites for hydroxylation is 2. The van der Waals surface area contributed by atoms with Gasteiger partial charge in [-0.05, 0) is 53.6 Å². The zero-order valence-corrected chi connectivity index (χ0v) is 16.0. The SMILES string of the molecule is COc1ccc(-[n+]2noc([O-])c2SCC(=O)Nc2c(C)cccc2C)cc1. The Balaban J connectivity index is 1.72. The maximum atomic E-state index is 12.3. The van der Waals surface area contributed by atoms with Gasteiger partial charge < -0.3 is 19.7 Å². The summed E-state index contributed by atoms with van der Waals surface area (Å²) in [5, 5.41) is 18.9. The molecule has 0 spiro atoms. The first-order valence-electron chi connectivity index (χ1n) is 8.22. The zero-order valence-electron chi connectivity index (χ0n) is 15.2. The van der Waals surface area contributed by atoms with Crippen molar-refractivity contribution in [3.63, 3.8) is 0 Å². The van der Waals surface area contributed by atoms with Gasteiger partial charge in [-0.15, -0.1) is 0 Å². The first kappa shape index (κ1) is 18.8. The highest BCUT2D eigenvalue weighted by Crippen LogP contribution is 2.25. The third kappa shape index (κ3) is 4.22. The van der Waals surface area contributed by atoms with Gasteiger partial charge in [0.2, 0.25) is 11.6 Å². The lowest BCUT2D eigenvalue weighted by atomic mass is 10.1. The predicted octanol–water partition coefficient (Wildman–Crippen LogP) is 2.38. The molecule has 0 unspecified atom stereocenters. The van der Waals surface area contributed by atoms with Crippen LogP contribution in [0.15, 0.2) is 52.0 Å². The van der Waals surface area contributed by atoms with E-state index >= 15 is 0 Å². The van der Waals surface area contributed by atoms with Crippen LogP contribution in [0, 0.1) is 13.8 Å². The second kappa shape index (κ2) is 8.13. The van der Waals surface area contributed by atoms with E-state index in [4.69, 9.17) is 9.26 Å². The van der Waals surface area contributed by atoms with E-state index in [1.165, 1.54) is 4.68 Å². The minimum atomic E-state index is -0.587. The van der Waals surface area contributed by atoms with Crippen molar-refractivity contribution in [3.8, 4) is 17.4 Å². The van der Waals surface area contributed by atoms with Crippen molar-refractivity contribution in [2.45, 2.75) is 18.9 Å². The lowest BCUT2D eigenvalue weighted by molar-refractivity contribution is -0.705. The number of thioether (sulfide) groups is 1. The van der Waals surface area contributed by atoms with Crippen LogP contribution in [0.1, 0.15) is 11.1 Å². The highest BCUT2D eigenvalue weighted by atomic mass is 32.2. The molecule has 0 aliphatic carbocycles.